The predicted molar refractivity (Wildman–Crippen MR) is 139 cm³/mol. The van der Waals surface area contributed by atoms with E-state index in [4.69, 9.17) is 9.52 Å². The Kier molecular flexibility index (Phi) is 6.17. The van der Waals surface area contributed by atoms with Crippen LogP contribution >= 0.6 is 0 Å². The van der Waals surface area contributed by atoms with Gasteiger partial charge in [-0.3, -0.25) is 4.57 Å². The van der Waals surface area contributed by atoms with E-state index in [1.54, 1.807) is 11.5 Å². The largest absolute Gasteiger partial charge is 0.465 e. The van der Waals surface area contributed by atoms with Crippen molar-refractivity contribution in [2.75, 3.05) is 0 Å². The molecule has 0 aliphatic rings. The Morgan fingerprint density at radius 2 is 1.33 bits per heavy atom. The molecule has 0 saturated heterocycles. The SMILES string of the molecule is C[C@H](Cc1cccc2c1oc(=O)n2C(c1ccccc1)(c1ccccc1)c1ccccc1)NC(=O)O. The van der Waals surface area contributed by atoms with E-state index in [1.807, 2.05) is 109 Å². The molecule has 0 aliphatic carbocycles. The molecule has 0 aliphatic heterocycles. The number of fused-ring (bicyclic) bond motifs is 1. The minimum atomic E-state index is -1.09. The lowest BCUT2D eigenvalue weighted by Crippen LogP contribution is -2.42. The summed E-state index contributed by atoms with van der Waals surface area (Å²) < 4.78 is 7.66. The number of nitrogens with one attached hydrogen (secondary N) is 1. The number of rotatable bonds is 7. The maximum atomic E-state index is 13.8. The highest BCUT2D eigenvalue weighted by Crippen LogP contribution is 2.42. The molecule has 0 spiro atoms. The molecule has 0 radical (unpaired) electrons. The van der Waals surface area contributed by atoms with Gasteiger partial charge in [0.15, 0.2) is 5.58 Å². The standard InChI is InChI=1S/C30H26N2O4/c1-21(31-28(33)34)20-22-12-11-19-26-27(22)36-29(35)32(26)30(23-13-5-2-6-14-23,24-15-7-3-8-16-24)25-17-9-4-10-18-25/h2-19,21,31H,20H2,1H3,(H,33,34)/t21-/m1/s1. The van der Waals surface area contributed by atoms with E-state index >= 15 is 0 Å². The molecular weight excluding hydrogens is 452 g/mol. The molecule has 0 saturated carbocycles. The Labute approximate surface area is 208 Å². The highest BCUT2D eigenvalue weighted by Gasteiger charge is 2.41. The number of amides is 1. The van der Waals surface area contributed by atoms with Crippen LogP contribution in [0.15, 0.2) is 118 Å². The molecule has 1 atom stereocenters. The lowest BCUT2D eigenvalue weighted by Gasteiger charge is -2.36. The smallest absolute Gasteiger partial charge is 0.421 e. The number of aromatic nitrogens is 1. The van der Waals surface area contributed by atoms with Gasteiger partial charge in [-0.15, -0.1) is 0 Å². The number of carbonyl (C=O) groups is 1. The molecule has 0 unspecified atom stereocenters. The molecule has 1 heterocycles. The summed E-state index contributed by atoms with van der Waals surface area (Å²) in [5.74, 6) is -0.493. The predicted octanol–water partition coefficient (Wildman–Crippen LogP) is 5.63. The third kappa shape index (κ3) is 3.96. The summed E-state index contributed by atoms with van der Waals surface area (Å²) >= 11 is 0. The lowest BCUT2D eigenvalue weighted by molar-refractivity contribution is 0.190. The van der Waals surface area contributed by atoms with Gasteiger partial charge in [-0.2, -0.15) is 0 Å². The average molecular weight is 479 g/mol. The Hall–Kier alpha value is -4.58. The summed E-state index contributed by atoms with van der Waals surface area (Å²) in [5, 5.41) is 11.6. The van der Waals surface area contributed by atoms with Crippen LogP contribution in [0.3, 0.4) is 0 Å². The molecule has 2 N–H and O–H groups in total. The minimum absolute atomic E-state index is 0.358. The monoisotopic (exact) mass is 478 g/mol. The second kappa shape index (κ2) is 9.58. The third-order valence-electron chi connectivity index (χ3n) is 6.49. The van der Waals surface area contributed by atoms with E-state index in [0.29, 0.717) is 17.5 Å². The van der Waals surface area contributed by atoms with Crippen molar-refractivity contribution in [1.82, 2.24) is 9.88 Å². The number of benzene rings is 4. The van der Waals surface area contributed by atoms with E-state index in [2.05, 4.69) is 5.32 Å². The minimum Gasteiger partial charge on any atom is -0.465 e. The average Bonchev–Trinajstić information content (AvgIpc) is 3.23. The van der Waals surface area contributed by atoms with Gasteiger partial charge in [0.05, 0.1) is 5.52 Å². The maximum absolute atomic E-state index is 13.8. The van der Waals surface area contributed by atoms with Gasteiger partial charge in [-0.25, -0.2) is 9.59 Å². The van der Waals surface area contributed by atoms with Crippen LogP contribution in [0.2, 0.25) is 0 Å². The Balaban J connectivity index is 1.85. The van der Waals surface area contributed by atoms with Gasteiger partial charge < -0.3 is 14.8 Å². The van der Waals surface area contributed by atoms with Gasteiger partial charge in [-0.05, 0) is 41.7 Å². The molecule has 1 aromatic heterocycles. The summed E-state index contributed by atoms with van der Waals surface area (Å²) in [6.45, 7) is 1.78. The zero-order valence-electron chi connectivity index (χ0n) is 19.8. The maximum Gasteiger partial charge on any atom is 0.421 e. The van der Waals surface area contributed by atoms with E-state index in [1.165, 1.54) is 0 Å². The van der Waals surface area contributed by atoms with Gasteiger partial charge >= 0.3 is 11.8 Å². The highest BCUT2D eigenvalue weighted by atomic mass is 16.4. The first-order valence-electron chi connectivity index (χ1n) is 11.8. The van der Waals surface area contributed by atoms with Crippen molar-refractivity contribution in [3.05, 3.63) is 142 Å². The Morgan fingerprint density at radius 3 is 1.81 bits per heavy atom. The summed E-state index contributed by atoms with van der Waals surface area (Å²) in [7, 11) is 0. The van der Waals surface area contributed by atoms with E-state index in [9.17, 15) is 9.59 Å². The van der Waals surface area contributed by atoms with Gasteiger partial charge in [0.1, 0.15) is 5.54 Å². The van der Waals surface area contributed by atoms with Crippen molar-refractivity contribution in [3.8, 4) is 0 Å². The molecule has 1 amide bonds. The number of para-hydroxylation sites is 1. The first kappa shape index (κ1) is 23.2. The second-order valence-electron chi connectivity index (χ2n) is 8.83. The third-order valence-corrected chi connectivity index (χ3v) is 6.49. The molecule has 6 nitrogen and oxygen atoms in total. The van der Waals surface area contributed by atoms with Crippen LogP contribution in [0.25, 0.3) is 11.1 Å². The molecule has 5 aromatic rings. The zero-order valence-corrected chi connectivity index (χ0v) is 19.8. The normalized spacial score (nSPS) is 12.4. The van der Waals surface area contributed by atoms with Crippen molar-refractivity contribution in [3.63, 3.8) is 0 Å². The Bertz CT molecular complexity index is 1440. The van der Waals surface area contributed by atoms with Crippen molar-refractivity contribution in [2.45, 2.75) is 24.9 Å². The highest BCUT2D eigenvalue weighted by molar-refractivity contribution is 5.78. The second-order valence-corrected chi connectivity index (χ2v) is 8.83. The summed E-state index contributed by atoms with van der Waals surface area (Å²) in [6.07, 6.45) is -0.712. The van der Waals surface area contributed by atoms with E-state index in [0.717, 1.165) is 22.3 Å². The fourth-order valence-electron chi connectivity index (χ4n) is 5.09. The van der Waals surface area contributed by atoms with Crippen LogP contribution in [-0.4, -0.2) is 21.8 Å². The summed E-state index contributed by atoms with van der Waals surface area (Å²) in [4.78, 5) is 24.9. The molecule has 0 bridgehead atoms. The van der Waals surface area contributed by atoms with Gasteiger partial charge in [-0.1, -0.05) is 103 Å². The van der Waals surface area contributed by atoms with Crippen molar-refractivity contribution >= 4 is 17.2 Å². The molecule has 36 heavy (non-hydrogen) atoms. The Morgan fingerprint density at radius 1 is 0.833 bits per heavy atom. The summed E-state index contributed by atoms with van der Waals surface area (Å²) in [6, 6.07) is 35.1. The van der Waals surface area contributed by atoms with Crippen LogP contribution in [0.5, 0.6) is 0 Å². The number of nitrogens with zero attached hydrogens (tertiary/aromatic N) is 1. The molecule has 6 heteroatoms. The van der Waals surface area contributed by atoms with Crippen LogP contribution in [0.4, 0.5) is 4.79 Å². The fraction of sp³-hybridized carbons (Fsp3) is 0.133. The van der Waals surface area contributed by atoms with Gasteiger partial charge in [0.25, 0.3) is 0 Å². The van der Waals surface area contributed by atoms with Crippen molar-refractivity contribution in [2.24, 2.45) is 0 Å². The van der Waals surface area contributed by atoms with Gasteiger partial charge in [0.2, 0.25) is 0 Å². The van der Waals surface area contributed by atoms with Crippen LogP contribution in [0, 0.1) is 0 Å². The number of hydrogen-bond donors (Lipinski definition) is 2. The number of hydrogen-bond acceptors (Lipinski definition) is 3. The molecule has 180 valence electrons. The van der Waals surface area contributed by atoms with Crippen molar-refractivity contribution in [1.29, 1.82) is 0 Å². The van der Waals surface area contributed by atoms with E-state index in [-0.39, 0.29) is 6.04 Å². The first-order chi connectivity index (χ1) is 17.5. The fourth-order valence-corrected chi connectivity index (χ4v) is 5.09. The van der Waals surface area contributed by atoms with Crippen molar-refractivity contribution < 1.29 is 14.3 Å². The van der Waals surface area contributed by atoms with Crippen LogP contribution in [-0.2, 0) is 12.0 Å². The van der Waals surface area contributed by atoms with E-state index < -0.39 is 17.4 Å². The summed E-state index contributed by atoms with van der Waals surface area (Å²) in [5.41, 5.74) is 3.59. The molecular formula is C30H26N2O4. The first-order valence-corrected chi connectivity index (χ1v) is 11.8. The number of carboxylic acid groups (broad SMARTS) is 1. The topological polar surface area (TPSA) is 84.5 Å². The molecule has 0 fully saturated rings. The quantitative estimate of drug-likeness (QED) is 0.297. The van der Waals surface area contributed by atoms with Gasteiger partial charge in [0, 0.05) is 6.04 Å². The lowest BCUT2D eigenvalue weighted by atomic mass is 9.76. The molecule has 4 aromatic carbocycles. The zero-order chi connectivity index (χ0) is 25.1. The molecule has 5 rings (SSSR count). The van der Waals surface area contributed by atoms with Crippen LogP contribution < -0.4 is 11.1 Å². The number of oxazole rings is 1. The van der Waals surface area contributed by atoms with Crippen LogP contribution in [0.1, 0.15) is 29.2 Å².